The van der Waals surface area contributed by atoms with Gasteiger partial charge in [0.2, 0.25) is 0 Å². The zero-order valence-electron chi connectivity index (χ0n) is 33.7. The lowest BCUT2D eigenvalue weighted by Gasteiger charge is -2.32. The molecule has 10 aromatic rings. The van der Waals surface area contributed by atoms with Gasteiger partial charge < -0.3 is 4.90 Å². The molecule has 0 radical (unpaired) electrons. The fourth-order valence-electron chi connectivity index (χ4n) is 9.82. The second-order valence-electron chi connectivity index (χ2n) is 16.0. The second-order valence-corrected chi connectivity index (χ2v) is 16.0. The van der Waals surface area contributed by atoms with Gasteiger partial charge in [-0.05, 0) is 92.0 Å². The minimum atomic E-state index is -0.466. The van der Waals surface area contributed by atoms with E-state index in [1.54, 1.807) is 0 Å². The molecule has 0 unspecified atom stereocenters. The van der Waals surface area contributed by atoms with Crippen LogP contribution in [0.4, 0.5) is 17.1 Å². The lowest BCUT2D eigenvalue weighted by atomic mass is 9.70. The van der Waals surface area contributed by atoms with Crippen LogP contribution in [0.2, 0.25) is 0 Å². The quantitative estimate of drug-likeness (QED) is 0.161. The van der Waals surface area contributed by atoms with Gasteiger partial charge in [-0.2, -0.15) is 0 Å². The fraction of sp³-hybridized carbons (Fsp3) is 0.0172. The summed E-state index contributed by atoms with van der Waals surface area (Å²) in [6.45, 7) is 0. The Morgan fingerprint density at radius 3 is 1.18 bits per heavy atom. The average molecular weight is 791 g/mol. The van der Waals surface area contributed by atoms with Crippen LogP contribution in [0.1, 0.15) is 22.3 Å². The molecule has 62 heavy (non-hydrogen) atoms. The Kier molecular flexibility index (Phi) is 8.36. The molecule has 1 aromatic heterocycles. The fourth-order valence-corrected chi connectivity index (χ4v) is 9.82. The summed E-state index contributed by atoms with van der Waals surface area (Å²) < 4.78 is 0. The van der Waals surface area contributed by atoms with Crippen LogP contribution >= 0.6 is 0 Å². The van der Waals surface area contributed by atoms with Crippen molar-refractivity contribution >= 4 is 17.1 Å². The van der Waals surface area contributed by atoms with Crippen molar-refractivity contribution in [1.82, 2.24) is 15.0 Å². The van der Waals surface area contributed by atoms with E-state index >= 15 is 0 Å². The van der Waals surface area contributed by atoms with E-state index in [-0.39, 0.29) is 0 Å². The molecule has 2 aliphatic carbocycles. The number of rotatable bonds is 7. The molecule has 0 amide bonds. The average Bonchev–Trinajstić information content (AvgIpc) is 3.82. The summed E-state index contributed by atoms with van der Waals surface area (Å²) >= 11 is 0. The Morgan fingerprint density at radius 1 is 0.258 bits per heavy atom. The predicted molar refractivity (Wildman–Crippen MR) is 253 cm³/mol. The third-order valence-electron chi connectivity index (χ3n) is 12.5. The van der Waals surface area contributed by atoms with E-state index in [1.165, 1.54) is 50.1 Å². The lowest BCUT2D eigenvalue weighted by molar-refractivity contribution is 0.793. The van der Waals surface area contributed by atoms with Gasteiger partial charge >= 0.3 is 0 Å². The molecule has 2 aliphatic rings. The van der Waals surface area contributed by atoms with Crippen LogP contribution in [-0.4, -0.2) is 15.0 Å². The normalized spacial score (nSPS) is 12.6. The predicted octanol–water partition coefficient (Wildman–Crippen LogP) is 14.4. The number of hydrogen-bond donors (Lipinski definition) is 0. The van der Waals surface area contributed by atoms with E-state index in [4.69, 9.17) is 15.0 Å². The van der Waals surface area contributed by atoms with Crippen molar-refractivity contribution in [1.29, 1.82) is 0 Å². The van der Waals surface area contributed by atoms with Crippen molar-refractivity contribution in [3.05, 3.63) is 253 Å². The monoisotopic (exact) mass is 790 g/mol. The molecular formula is C58H38N4. The van der Waals surface area contributed by atoms with E-state index in [0.717, 1.165) is 39.3 Å². The van der Waals surface area contributed by atoms with E-state index in [2.05, 4.69) is 175 Å². The molecule has 1 spiro atoms. The highest BCUT2D eigenvalue weighted by Crippen LogP contribution is 2.63. The van der Waals surface area contributed by atoms with Gasteiger partial charge in [0.15, 0.2) is 17.5 Å². The van der Waals surface area contributed by atoms with Crippen LogP contribution in [0, 0.1) is 0 Å². The number of benzene rings is 9. The second kappa shape index (κ2) is 14.5. The van der Waals surface area contributed by atoms with Crippen molar-refractivity contribution < 1.29 is 0 Å². The van der Waals surface area contributed by atoms with Crippen LogP contribution in [0.5, 0.6) is 0 Å². The maximum atomic E-state index is 5.11. The highest BCUT2D eigenvalue weighted by Gasteiger charge is 2.51. The van der Waals surface area contributed by atoms with Crippen LogP contribution in [0.25, 0.3) is 67.5 Å². The summed E-state index contributed by atoms with van der Waals surface area (Å²) in [6, 6.07) is 82.3. The van der Waals surface area contributed by atoms with Crippen molar-refractivity contribution in [2.24, 2.45) is 0 Å². The zero-order chi connectivity index (χ0) is 41.0. The van der Waals surface area contributed by atoms with Crippen molar-refractivity contribution in [3.8, 4) is 67.5 Å². The first-order chi connectivity index (χ1) is 30.7. The topological polar surface area (TPSA) is 41.9 Å². The maximum absolute atomic E-state index is 5.11. The molecular weight excluding hydrogens is 753 g/mol. The number of hydrogen-bond acceptors (Lipinski definition) is 4. The van der Waals surface area contributed by atoms with Crippen LogP contribution in [-0.2, 0) is 5.41 Å². The Balaban J connectivity index is 1.06. The van der Waals surface area contributed by atoms with E-state index in [1.807, 2.05) is 60.7 Å². The zero-order valence-corrected chi connectivity index (χ0v) is 33.7. The molecule has 1 heterocycles. The number of nitrogens with zero attached hydrogens (tertiary/aromatic N) is 4. The minimum absolute atomic E-state index is 0.466. The Bertz CT molecular complexity index is 3170. The maximum Gasteiger partial charge on any atom is 0.164 e. The number of aromatic nitrogens is 3. The third-order valence-corrected chi connectivity index (χ3v) is 12.5. The summed E-state index contributed by atoms with van der Waals surface area (Å²) in [5.41, 5.74) is 18.1. The lowest BCUT2D eigenvalue weighted by Crippen LogP contribution is -2.26. The van der Waals surface area contributed by atoms with E-state index in [0.29, 0.717) is 17.5 Å². The summed E-state index contributed by atoms with van der Waals surface area (Å²) in [5, 5.41) is 0. The molecule has 0 saturated heterocycles. The van der Waals surface area contributed by atoms with Crippen molar-refractivity contribution in [2.45, 2.75) is 5.41 Å². The van der Waals surface area contributed by atoms with Gasteiger partial charge in [-0.1, -0.05) is 194 Å². The van der Waals surface area contributed by atoms with Crippen LogP contribution in [0.3, 0.4) is 0 Å². The van der Waals surface area contributed by atoms with Gasteiger partial charge in [-0.15, -0.1) is 0 Å². The molecule has 290 valence electrons. The van der Waals surface area contributed by atoms with Crippen LogP contribution < -0.4 is 4.90 Å². The molecule has 0 atom stereocenters. The molecule has 0 bridgehead atoms. The van der Waals surface area contributed by atoms with E-state index < -0.39 is 5.41 Å². The highest BCUT2D eigenvalue weighted by molar-refractivity contribution is 5.96. The first-order valence-electron chi connectivity index (χ1n) is 21.1. The Labute approximate surface area is 361 Å². The molecule has 4 nitrogen and oxygen atoms in total. The summed E-state index contributed by atoms with van der Waals surface area (Å²) in [5.74, 6) is 1.88. The van der Waals surface area contributed by atoms with Gasteiger partial charge in [0.05, 0.1) is 5.41 Å². The van der Waals surface area contributed by atoms with Gasteiger partial charge in [0, 0.05) is 33.8 Å². The largest absolute Gasteiger partial charge is 0.310 e. The number of fused-ring (bicyclic) bond motifs is 10. The summed E-state index contributed by atoms with van der Waals surface area (Å²) in [4.78, 5) is 17.6. The number of anilines is 3. The van der Waals surface area contributed by atoms with Crippen LogP contribution in [0.15, 0.2) is 231 Å². The smallest absolute Gasteiger partial charge is 0.164 e. The summed E-state index contributed by atoms with van der Waals surface area (Å²) in [6.07, 6.45) is 0. The van der Waals surface area contributed by atoms with Crippen molar-refractivity contribution in [3.63, 3.8) is 0 Å². The third kappa shape index (κ3) is 5.65. The van der Waals surface area contributed by atoms with Crippen molar-refractivity contribution in [2.75, 3.05) is 4.90 Å². The minimum Gasteiger partial charge on any atom is -0.310 e. The Hall–Kier alpha value is -8.21. The first kappa shape index (κ1) is 35.7. The highest BCUT2D eigenvalue weighted by atomic mass is 15.1. The first-order valence-corrected chi connectivity index (χ1v) is 21.1. The van der Waals surface area contributed by atoms with Gasteiger partial charge in [0.1, 0.15) is 0 Å². The molecule has 0 aliphatic heterocycles. The molecule has 9 aromatic carbocycles. The van der Waals surface area contributed by atoms with E-state index in [9.17, 15) is 0 Å². The van der Waals surface area contributed by atoms with Gasteiger partial charge in [-0.3, -0.25) is 0 Å². The standard InChI is InChI=1S/C58H38N4/c1-4-17-39(18-5-1)40-31-33-44(34-32-40)62(45-24-16-23-43(37-45)57-60-55(41-19-6-2-7-20-41)59-56(61-57)42-21-8-3-9-22-42)46-35-36-50-49-27-12-15-30-53(49)58(54(50)38-46)51-28-13-10-25-47(51)48-26-11-14-29-52(48)58/h1-38H. The molecule has 0 saturated carbocycles. The molecule has 4 heteroatoms. The Morgan fingerprint density at radius 2 is 0.645 bits per heavy atom. The summed E-state index contributed by atoms with van der Waals surface area (Å²) in [7, 11) is 0. The van der Waals surface area contributed by atoms with Gasteiger partial charge in [0.25, 0.3) is 0 Å². The SMILES string of the molecule is c1ccc(-c2ccc(N(c3cccc(-c4nc(-c5ccccc5)nc(-c5ccccc5)n4)c3)c3ccc4c(c3)C3(c5ccccc5-c5ccccc53)c3ccccc3-4)cc2)cc1. The molecule has 0 fully saturated rings. The van der Waals surface area contributed by atoms with Gasteiger partial charge in [-0.25, -0.2) is 15.0 Å². The molecule has 12 rings (SSSR count). The molecule has 0 N–H and O–H groups in total.